The highest BCUT2D eigenvalue weighted by molar-refractivity contribution is 6.13. The molecule has 0 amide bonds. The molecule has 0 radical (unpaired) electrons. The maximum atomic E-state index is 12.7. The van der Waals surface area contributed by atoms with Crippen molar-refractivity contribution in [3.63, 3.8) is 0 Å². The van der Waals surface area contributed by atoms with Crippen LogP contribution in [0.25, 0.3) is 6.08 Å². The number of carbonyl (C=O) groups excluding carboxylic acids is 1. The van der Waals surface area contributed by atoms with Crippen molar-refractivity contribution in [3.8, 4) is 23.0 Å². The van der Waals surface area contributed by atoms with E-state index < -0.39 is 0 Å². The van der Waals surface area contributed by atoms with Crippen molar-refractivity contribution in [3.05, 3.63) is 52.6 Å². The van der Waals surface area contributed by atoms with Crippen LogP contribution in [0.4, 0.5) is 0 Å². The fourth-order valence-electron chi connectivity index (χ4n) is 3.28. The van der Waals surface area contributed by atoms with Gasteiger partial charge in [-0.1, -0.05) is 0 Å². The highest BCUT2D eigenvalue weighted by atomic mass is 16.6. The molecule has 2 aromatic carbocycles. The van der Waals surface area contributed by atoms with Gasteiger partial charge in [0.15, 0.2) is 17.3 Å². The smallest absolute Gasteiger partial charge is 0.203 e. The second kappa shape index (κ2) is 6.16. The summed E-state index contributed by atoms with van der Waals surface area (Å²) in [4.78, 5) is 12.7. The summed E-state index contributed by atoms with van der Waals surface area (Å²) in [6.45, 7) is 0.984. The molecule has 1 aliphatic carbocycles. The van der Waals surface area contributed by atoms with E-state index in [2.05, 4.69) is 0 Å². The Bertz CT molecular complexity index is 865. The van der Waals surface area contributed by atoms with Gasteiger partial charge in [0.2, 0.25) is 5.75 Å². The molecule has 1 heterocycles. The van der Waals surface area contributed by atoms with Crippen molar-refractivity contribution in [1.29, 1.82) is 0 Å². The number of Topliss-reactive ketones (excluding diaryl/α,β-unsaturated/α-hetero) is 1. The molecule has 2 aromatic rings. The summed E-state index contributed by atoms with van der Waals surface area (Å²) in [6.07, 6.45) is 3.23. The van der Waals surface area contributed by atoms with E-state index in [0.717, 1.165) is 23.1 Å². The first-order valence-electron chi connectivity index (χ1n) is 8.20. The van der Waals surface area contributed by atoms with Crippen molar-refractivity contribution < 1.29 is 24.1 Å². The minimum absolute atomic E-state index is 0.00453. The van der Waals surface area contributed by atoms with Crippen LogP contribution in [0.15, 0.2) is 35.9 Å². The molecule has 0 spiro atoms. The van der Waals surface area contributed by atoms with Crippen molar-refractivity contribution >= 4 is 11.9 Å². The van der Waals surface area contributed by atoms with Crippen LogP contribution in [0.3, 0.4) is 0 Å². The number of aromatic hydroxyl groups is 1. The summed E-state index contributed by atoms with van der Waals surface area (Å²) in [7, 11) is 1.58. The van der Waals surface area contributed by atoms with Crippen LogP contribution in [0, 0.1) is 0 Å². The Kier molecular flexibility index (Phi) is 3.84. The first-order chi connectivity index (χ1) is 12.2. The minimum atomic E-state index is -0.00453. The number of carbonyl (C=O) groups is 1. The molecule has 0 aromatic heterocycles. The fourth-order valence-corrected chi connectivity index (χ4v) is 3.28. The molecule has 0 bridgehead atoms. The third kappa shape index (κ3) is 2.82. The molecular weight excluding hydrogens is 320 g/mol. The predicted molar refractivity (Wildman–Crippen MR) is 92.7 cm³/mol. The van der Waals surface area contributed by atoms with Gasteiger partial charge in [-0.15, -0.1) is 0 Å². The van der Waals surface area contributed by atoms with Crippen molar-refractivity contribution in [2.24, 2.45) is 0 Å². The summed E-state index contributed by atoms with van der Waals surface area (Å²) in [5.41, 5.74) is 3.12. The molecule has 5 nitrogen and oxygen atoms in total. The Hall–Kier alpha value is -2.95. The number of allylic oxidation sites excluding steroid dienone is 1. The third-order valence-electron chi connectivity index (χ3n) is 4.48. The maximum Gasteiger partial charge on any atom is 0.203 e. The van der Waals surface area contributed by atoms with Gasteiger partial charge in [0, 0.05) is 11.1 Å². The van der Waals surface area contributed by atoms with Crippen LogP contribution in [0.1, 0.15) is 27.9 Å². The molecular formula is C20H18O5. The molecule has 0 saturated heterocycles. The van der Waals surface area contributed by atoms with Crippen LogP contribution in [0.2, 0.25) is 0 Å². The van der Waals surface area contributed by atoms with Gasteiger partial charge in [-0.2, -0.15) is 0 Å². The molecule has 0 atom stereocenters. The molecule has 1 aliphatic heterocycles. The zero-order valence-electron chi connectivity index (χ0n) is 13.9. The molecule has 1 N–H and O–H groups in total. The third-order valence-corrected chi connectivity index (χ3v) is 4.48. The first kappa shape index (κ1) is 15.6. The Labute approximate surface area is 145 Å². The molecule has 128 valence electrons. The van der Waals surface area contributed by atoms with E-state index in [1.54, 1.807) is 25.3 Å². The lowest BCUT2D eigenvalue weighted by Gasteiger charge is -2.21. The molecule has 5 heteroatoms. The molecule has 0 fully saturated rings. The Morgan fingerprint density at radius 3 is 2.80 bits per heavy atom. The summed E-state index contributed by atoms with van der Waals surface area (Å²) in [6, 6.07) is 8.61. The summed E-state index contributed by atoms with van der Waals surface area (Å²) >= 11 is 0. The number of phenolic OH excluding ortho intramolecular Hbond substituents is 1. The SMILES string of the molecule is COc1cc(C=C2CCc3cc(O)ccc3C2=O)cc2c1OCCO2. The Balaban J connectivity index is 1.72. The average molecular weight is 338 g/mol. The van der Waals surface area contributed by atoms with Crippen molar-refractivity contribution in [1.82, 2.24) is 0 Å². The topological polar surface area (TPSA) is 65.0 Å². The number of fused-ring (bicyclic) bond motifs is 2. The van der Waals surface area contributed by atoms with E-state index >= 15 is 0 Å². The summed E-state index contributed by atoms with van der Waals surface area (Å²) in [5, 5.41) is 9.58. The Morgan fingerprint density at radius 2 is 1.96 bits per heavy atom. The number of ketones is 1. The maximum absolute atomic E-state index is 12.7. The van der Waals surface area contributed by atoms with Crippen LogP contribution >= 0.6 is 0 Å². The quantitative estimate of drug-likeness (QED) is 0.851. The van der Waals surface area contributed by atoms with Gasteiger partial charge in [0.05, 0.1) is 7.11 Å². The second-order valence-corrected chi connectivity index (χ2v) is 6.09. The predicted octanol–water partition coefficient (Wildman–Crippen LogP) is 3.38. The van der Waals surface area contributed by atoms with Gasteiger partial charge >= 0.3 is 0 Å². The number of phenols is 1. The van der Waals surface area contributed by atoms with Crippen molar-refractivity contribution in [2.45, 2.75) is 12.8 Å². The largest absolute Gasteiger partial charge is 0.508 e. The number of hydrogen-bond acceptors (Lipinski definition) is 5. The van der Waals surface area contributed by atoms with E-state index in [1.165, 1.54) is 0 Å². The zero-order chi connectivity index (χ0) is 17.4. The summed E-state index contributed by atoms with van der Waals surface area (Å²) in [5.74, 6) is 2.01. The van der Waals surface area contributed by atoms with Gasteiger partial charge in [-0.3, -0.25) is 4.79 Å². The van der Waals surface area contributed by atoms with Crippen LogP contribution < -0.4 is 14.2 Å². The Morgan fingerprint density at radius 1 is 1.12 bits per heavy atom. The van der Waals surface area contributed by atoms with Crippen LogP contribution in [0.5, 0.6) is 23.0 Å². The molecule has 25 heavy (non-hydrogen) atoms. The number of aryl methyl sites for hydroxylation is 1. The van der Waals surface area contributed by atoms with E-state index in [1.807, 2.05) is 18.2 Å². The normalized spacial score (nSPS) is 17.3. The lowest BCUT2D eigenvalue weighted by atomic mass is 9.86. The van der Waals surface area contributed by atoms with Gasteiger partial charge in [0.25, 0.3) is 0 Å². The van der Waals surface area contributed by atoms with E-state index in [-0.39, 0.29) is 11.5 Å². The number of rotatable bonds is 2. The van der Waals surface area contributed by atoms with Gasteiger partial charge in [0.1, 0.15) is 19.0 Å². The second-order valence-electron chi connectivity index (χ2n) is 6.09. The first-order valence-corrected chi connectivity index (χ1v) is 8.20. The average Bonchev–Trinajstić information content (AvgIpc) is 2.63. The molecule has 0 unspecified atom stereocenters. The minimum Gasteiger partial charge on any atom is -0.508 e. The zero-order valence-corrected chi connectivity index (χ0v) is 13.9. The molecule has 2 aliphatic rings. The monoisotopic (exact) mass is 338 g/mol. The van der Waals surface area contributed by atoms with E-state index in [4.69, 9.17) is 14.2 Å². The lowest BCUT2D eigenvalue weighted by Crippen LogP contribution is -2.16. The highest BCUT2D eigenvalue weighted by Gasteiger charge is 2.23. The summed E-state index contributed by atoms with van der Waals surface area (Å²) < 4.78 is 16.6. The van der Waals surface area contributed by atoms with Crippen LogP contribution in [-0.4, -0.2) is 31.2 Å². The number of benzene rings is 2. The van der Waals surface area contributed by atoms with E-state index in [9.17, 15) is 9.90 Å². The van der Waals surface area contributed by atoms with Crippen LogP contribution in [-0.2, 0) is 6.42 Å². The van der Waals surface area contributed by atoms with Gasteiger partial charge < -0.3 is 19.3 Å². The fraction of sp³-hybridized carbons (Fsp3) is 0.250. The van der Waals surface area contributed by atoms with Gasteiger partial charge in [-0.05, 0) is 60.4 Å². The van der Waals surface area contributed by atoms with E-state index in [0.29, 0.717) is 42.4 Å². The standard InChI is InChI=1S/C20H18O5/c1-23-17-9-12(10-18-20(17)25-7-6-24-18)8-14-3-2-13-11-15(21)4-5-16(13)19(14)22/h4-5,8-11,21H,2-3,6-7H2,1H3. The highest BCUT2D eigenvalue weighted by Crippen LogP contribution is 2.41. The number of ether oxygens (including phenoxy) is 3. The lowest BCUT2D eigenvalue weighted by molar-refractivity contribution is 0.102. The van der Waals surface area contributed by atoms with Gasteiger partial charge in [-0.25, -0.2) is 0 Å². The number of hydrogen-bond donors (Lipinski definition) is 1. The van der Waals surface area contributed by atoms with Crippen molar-refractivity contribution in [2.75, 3.05) is 20.3 Å². The molecule has 0 saturated carbocycles. The number of methoxy groups -OCH3 is 1. The molecule has 4 rings (SSSR count).